The van der Waals surface area contributed by atoms with Crippen LogP contribution >= 0.6 is 0 Å². The molecule has 3 rings (SSSR count). The van der Waals surface area contributed by atoms with Crippen molar-refractivity contribution in [1.82, 2.24) is 14.5 Å². The number of aromatic nitrogens is 2. The molecule has 0 radical (unpaired) electrons. The third-order valence-electron chi connectivity index (χ3n) is 4.74. The maximum absolute atomic E-state index is 13.1. The summed E-state index contributed by atoms with van der Waals surface area (Å²) in [6, 6.07) is 12.1. The second-order valence-corrected chi connectivity index (χ2v) is 6.73. The molecule has 1 aromatic heterocycles. The number of imidazole rings is 1. The molecule has 0 bridgehead atoms. The lowest BCUT2D eigenvalue weighted by Crippen LogP contribution is -2.31. The predicted octanol–water partition coefficient (Wildman–Crippen LogP) is 4.35. The molecule has 0 N–H and O–H groups in total. The number of halogens is 1. The summed E-state index contributed by atoms with van der Waals surface area (Å²) in [5.41, 5.74) is 4.17. The van der Waals surface area contributed by atoms with E-state index in [1.807, 2.05) is 13.1 Å². The molecule has 1 heterocycles. The highest BCUT2D eigenvalue weighted by Crippen LogP contribution is 2.15. The summed E-state index contributed by atoms with van der Waals surface area (Å²) in [6.07, 6.45) is 3.70. The van der Waals surface area contributed by atoms with Gasteiger partial charge >= 0.3 is 0 Å². The van der Waals surface area contributed by atoms with Crippen LogP contribution in [0.25, 0.3) is 0 Å². The number of nitrogens with zero attached hydrogens (tertiary/aromatic N) is 3. The molecule has 27 heavy (non-hydrogen) atoms. The SMILES string of the molecule is CCN(Cc1nccn1Cc1cc(C)ccc1C)C(=O)c1ccc(F)cc1. The third-order valence-corrected chi connectivity index (χ3v) is 4.74. The van der Waals surface area contributed by atoms with Crippen molar-refractivity contribution >= 4 is 5.91 Å². The summed E-state index contributed by atoms with van der Waals surface area (Å²) in [4.78, 5) is 18.9. The average molecular weight is 365 g/mol. The quantitative estimate of drug-likeness (QED) is 0.651. The minimum Gasteiger partial charge on any atom is -0.331 e. The van der Waals surface area contributed by atoms with E-state index in [0.717, 1.165) is 5.82 Å². The van der Waals surface area contributed by atoms with Gasteiger partial charge in [0.2, 0.25) is 0 Å². The van der Waals surface area contributed by atoms with Gasteiger partial charge in [0.15, 0.2) is 0 Å². The van der Waals surface area contributed by atoms with Crippen molar-refractivity contribution in [3.8, 4) is 0 Å². The first kappa shape index (κ1) is 18.8. The Bertz CT molecular complexity index is 931. The van der Waals surface area contributed by atoms with Crippen molar-refractivity contribution in [2.75, 3.05) is 6.54 Å². The molecule has 0 atom stereocenters. The summed E-state index contributed by atoms with van der Waals surface area (Å²) in [7, 11) is 0. The van der Waals surface area contributed by atoms with Gasteiger partial charge in [-0.3, -0.25) is 4.79 Å². The van der Waals surface area contributed by atoms with Crippen LogP contribution in [-0.4, -0.2) is 26.9 Å². The molecule has 4 nitrogen and oxygen atoms in total. The molecular formula is C22H24FN3O. The number of carbonyl (C=O) groups is 1. The first-order chi connectivity index (χ1) is 13.0. The van der Waals surface area contributed by atoms with Crippen LogP contribution < -0.4 is 0 Å². The van der Waals surface area contributed by atoms with Gasteiger partial charge in [-0.1, -0.05) is 23.8 Å². The highest BCUT2D eigenvalue weighted by molar-refractivity contribution is 5.94. The molecule has 0 unspecified atom stereocenters. The molecule has 0 fully saturated rings. The van der Waals surface area contributed by atoms with Crippen LogP contribution in [0.2, 0.25) is 0 Å². The van der Waals surface area contributed by atoms with Crippen LogP contribution in [0.5, 0.6) is 0 Å². The van der Waals surface area contributed by atoms with Gasteiger partial charge in [0, 0.05) is 31.0 Å². The van der Waals surface area contributed by atoms with Crippen LogP contribution in [0.1, 0.15) is 39.8 Å². The number of rotatable bonds is 6. The third kappa shape index (κ3) is 4.42. The fourth-order valence-electron chi connectivity index (χ4n) is 3.06. The van der Waals surface area contributed by atoms with E-state index in [9.17, 15) is 9.18 Å². The fourth-order valence-corrected chi connectivity index (χ4v) is 3.06. The highest BCUT2D eigenvalue weighted by Gasteiger charge is 2.17. The molecule has 0 aliphatic carbocycles. The van der Waals surface area contributed by atoms with Gasteiger partial charge < -0.3 is 9.47 Å². The van der Waals surface area contributed by atoms with E-state index in [4.69, 9.17) is 0 Å². The van der Waals surface area contributed by atoms with Crippen molar-refractivity contribution in [1.29, 1.82) is 0 Å². The summed E-state index contributed by atoms with van der Waals surface area (Å²) in [5.74, 6) is 0.352. The first-order valence-electron chi connectivity index (χ1n) is 9.09. The standard InChI is InChI=1S/C22H24FN3O/c1-4-25(22(27)18-7-9-20(23)10-8-18)15-21-24-11-12-26(21)14-19-13-16(2)5-6-17(19)3/h5-13H,4,14-15H2,1-3H3. The zero-order valence-corrected chi connectivity index (χ0v) is 15.9. The maximum Gasteiger partial charge on any atom is 0.254 e. The normalized spacial score (nSPS) is 10.8. The molecule has 1 amide bonds. The van der Waals surface area contributed by atoms with E-state index in [2.05, 4.69) is 41.6 Å². The van der Waals surface area contributed by atoms with Gasteiger partial charge in [0.05, 0.1) is 6.54 Å². The Labute approximate surface area is 159 Å². The van der Waals surface area contributed by atoms with Gasteiger partial charge in [-0.2, -0.15) is 0 Å². The minimum atomic E-state index is -0.348. The van der Waals surface area contributed by atoms with Crippen molar-refractivity contribution in [2.24, 2.45) is 0 Å². The fraction of sp³-hybridized carbons (Fsp3) is 0.273. The zero-order valence-electron chi connectivity index (χ0n) is 15.9. The van der Waals surface area contributed by atoms with E-state index >= 15 is 0 Å². The molecule has 2 aromatic carbocycles. The number of amides is 1. The summed E-state index contributed by atoms with van der Waals surface area (Å²) in [5, 5.41) is 0. The van der Waals surface area contributed by atoms with Crippen LogP contribution in [0, 0.1) is 19.7 Å². The number of carbonyl (C=O) groups excluding carboxylic acids is 1. The lowest BCUT2D eigenvalue weighted by Gasteiger charge is -2.21. The van der Waals surface area contributed by atoms with Gasteiger partial charge in [-0.25, -0.2) is 9.37 Å². The first-order valence-corrected chi connectivity index (χ1v) is 9.09. The lowest BCUT2D eigenvalue weighted by molar-refractivity contribution is 0.0747. The van der Waals surface area contributed by atoms with Gasteiger partial charge in [-0.15, -0.1) is 0 Å². The number of benzene rings is 2. The molecular weight excluding hydrogens is 341 g/mol. The molecule has 140 valence electrons. The predicted molar refractivity (Wildman–Crippen MR) is 104 cm³/mol. The Balaban J connectivity index is 1.79. The molecule has 0 saturated carbocycles. The van der Waals surface area contributed by atoms with Crippen molar-refractivity contribution in [3.63, 3.8) is 0 Å². The number of hydrogen-bond acceptors (Lipinski definition) is 2. The Hall–Kier alpha value is -2.95. The average Bonchev–Trinajstić information content (AvgIpc) is 3.09. The topological polar surface area (TPSA) is 38.1 Å². The Kier molecular flexibility index (Phi) is 5.69. The van der Waals surface area contributed by atoms with Gasteiger partial charge in [0.1, 0.15) is 11.6 Å². The van der Waals surface area contributed by atoms with Crippen molar-refractivity contribution in [2.45, 2.75) is 33.9 Å². The van der Waals surface area contributed by atoms with E-state index in [1.165, 1.54) is 41.0 Å². The van der Waals surface area contributed by atoms with Crippen LogP contribution in [0.15, 0.2) is 54.9 Å². The zero-order chi connectivity index (χ0) is 19.4. The van der Waals surface area contributed by atoms with E-state index < -0.39 is 0 Å². The van der Waals surface area contributed by atoms with E-state index in [-0.39, 0.29) is 11.7 Å². The molecule has 0 saturated heterocycles. The van der Waals surface area contributed by atoms with Crippen LogP contribution in [0.4, 0.5) is 4.39 Å². The summed E-state index contributed by atoms with van der Waals surface area (Å²) >= 11 is 0. The molecule has 5 heteroatoms. The number of hydrogen-bond donors (Lipinski definition) is 0. The lowest BCUT2D eigenvalue weighted by atomic mass is 10.1. The van der Waals surface area contributed by atoms with Gasteiger partial charge in [0.25, 0.3) is 5.91 Å². The molecule has 0 aliphatic heterocycles. The Morgan fingerprint density at radius 2 is 1.89 bits per heavy atom. The van der Waals surface area contributed by atoms with Crippen molar-refractivity contribution < 1.29 is 9.18 Å². The van der Waals surface area contributed by atoms with E-state index in [0.29, 0.717) is 25.2 Å². The molecule has 0 spiro atoms. The largest absolute Gasteiger partial charge is 0.331 e. The van der Waals surface area contributed by atoms with Crippen LogP contribution in [0.3, 0.4) is 0 Å². The summed E-state index contributed by atoms with van der Waals surface area (Å²) < 4.78 is 15.2. The summed E-state index contributed by atoms with van der Waals surface area (Å²) in [6.45, 7) is 7.78. The smallest absolute Gasteiger partial charge is 0.254 e. The monoisotopic (exact) mass is 365 g/mol. The molecule has 3 aromatic rings. The second-order valence-electron chi connectivity index (χ2n) is 6.73. The Morgan fingerprint density at radius 1 is 1.15 bits per heavy atom. The van der Waals surface area contributed by atoms with Crippen molar-refractivity contribution in [3.05, 3.63) is 88.8 Å². The van der Waals surface area contributed by atoms with Crippen LogP contribution in [-0.2, 0) is 13.1 Å². The second kappa shape index (κ2) is 8.16. The number of aryl methyl sites for hydroxylation is 2. The van der Waals surface area contributed by atoms with Gasteiger partial charge in [-0.05, 0) is 56.2 Å². The minimum absolute atomic E-state index is 0.126. The Morgan fingerprint density at radius 3 is 2.59 bits per heavy atom. The van der Waals surface area contributed by atoms with E-state index in [1.54, 1.807) is 11.1 Å². The highest BCUT2D eigenvalue weighted by atomic mass is 19.1. The maximum atomic E-state index is 13.1. The molecule has 0 aliphatic rings.